The summed E-state index contributed by atoms with van der Waals surface area (Å²) in [6.07, 6.45) is 0. The molecule has 0 unspecified atom stereocenters. The molecular weight excluding hydrogens is 288 g/mol. The van der Waals surface area contributed by atoms with Gasteiger partial charge in [-0.2, -0.15) is 0 Å². The summed E-state index contributed by atoms with van der Waals surface area (Å²) in [5.74, 6) is 0. The first-order valence-electron chi connectivity index (χ1n) is 0.224. The molecule has 0 heterocycles. The molecule has 0 bridgehead atoms. The molecule has 0 rings (SSSR count). The van der Waals surface area contributed by atoms with Crippen LogP contribution in [0.25, 0.3) is 0 Å². The van der Waals surface area contributed by atoms with Crippen molar-refractivity contribution in [3.05, 3.63) is 6.57 Å². The van der Waals surface area contributed by atoms with Crippen LogP contribution in [0.4, 0.5) is 0 Å². The van der Waals surface area contributed by atoms with Gasteiger partial charge in [-0.15, -0.1) is 0 Å². The summed E-state index contributed by atoms with van der Waals surface area (Å²) in [6.45, 7) is 4.75. The van der Waals surface area contributed by atoms with Crippen molar-refractivity contribution < 1.29 is 41.9 Å². The Balaban J connectivity index is -0.00000000500. The van der Waals surface area contributed by atoms with Crippen LogP contribution < -0.4 is 0 Å². The molecular formula is CAuNZn. The van der Waals surface area contributed by atoms with Gasteiger partial charge in [0, 0.05) is 19.5 Å². The van der Waals surface area contributed by atoms with Gasteiger partial charge in [0.2, 0.25) is 0 Å². The molecule has 0 spiro atoms. The second-order valence-corrected chi connectivity index (χ2v) is 0. The third-order valence-electron chi connectivity index (χ3n) is 0. The zero-order valence-electron chi connectivity index (χ0n) is 1.96. The van der Waals surface area contributed by atoms with Crippen molar-refractivity contribution in [2.75, 3.05) is 0 Å². The Morgan fingerprint density at radius 2 is 1.25 bits per heavy atom. The van der Waals surface area contributed by atoms with Crippen molar-refractivity contribution in [1.82, 2.24) is 0 Å². The van der Waals surface area contributed by atoms with E-state index in [0.29, 0.717) is 0 Å². The molecule has 22 valence electrons. The summed E-state index contributed by atoms with van der Waals surface area (Å²) in [6, 6.07) is 0. The van der Waals surface area contributed by atoms with E-state index in [-0.39, 0.29) is 41.9 Å². The summed E-state index contributed by atoms with van der Waals surface area (Å²) in [7, 11) is 0. The molecule has 0 aromatic carbocycles. The Morgan fingerprint density at radius 1 is 1.25 bits per heavy atom. The predicted molar refractivity (Wildman–Crippen MR) is 4.97 cm³/mol. The van der Waals surface area contributed by atoms with Crippen molar-refractivity contribution in [2.24, 2.45) is 0 Å². The Hall–Kier alpha value is 0.854. The van der Waals surface area contributed by atoms with E-state index in [4.69, 9.17) is 11.8 Å². The number of hydrogen-bond acceptors (Lipinski definition) is 1. The fraction of sp³-hybridized carbons (Fsp3) is 0. The Morgan fingerprint density at radius 3 is 1.25 bits per heavy atom. The monoisotopic (exact) mass is 287 g/mol. The fourth-order valence-electron chi connectivity index (χ4n) is 0. The van der Waals surface area contributed by atoms with Gasteiger partial charge in [0.1, 0.15) is 0 Å². The van der Waals surface area contributed by atoms with E-state index in [2.05, 4.69) is 0 Å². The number of nitrogens with zero attached hydrogens (tertiary/aromatic N) is 1. The van der Waals surface area contributed by atoms with Crippen molar-refractivity contribution in [3.8, 4) is 0 Å². The summed E-state index contributed by atoms with van der Waals surface area (Å²) >= 11 is 0. The molecule has 0 radical (unpaired) electrons. The molecule has 0 atom stereocenters. The first-order valence-corrected chi connectivity index (χ1v) is 0.224. The van der Waals surface area contributed by atoms with E-state index in [9.17, 15) is 0 Å². The molecule has 0 amide bonds. The van der Waals surface area contributed by atoms with Gasteiger partial charge in [0.05, 0.1) is 0 Å². The van der Waals surface area contributed by atoms with Gasteiger partial charge in [-0.3, -0.25) is 0 Å². The minimum absolute atomic E-state index is 0. The molecule has 0 aromatic heterocycles. The molecule has 0 N–H and O–H groups in total. The molecule has 0 aliphatic rings. The average Bonchev–Trinajstić information content (AvgIpc) is 1.00. The second kappa shape index (κ2) is 43.1. The summed E-state index contributed by atoms with van der Waals surface area (Å²) in [5, 5.41) is 6.25. The van der Waals surface area contributed by atoms with Gasteiger partial charge < -0.3 is 11.8 Å². The van der Waals surface area contributed by atoms with Crippen molar-refractivity contribution in [2.45, 2.75) is 0 Å². The van der Waals surface area contributed by atoms with E-state index in [1.165, 1.54) is 0 Å². The third-order valence-corrected chi connectivity index (χ3v) is 0. The largest absolute Gasteiger partial charge is 1.00 e. The van der Waals surface area contributed by atoms with E-state index in [1.807, 2.05) is 0 Å². The van der Waals surface area contributed by atoms with Crippen molar-refractivity contribution >= 4 is 0 Å². The van der Waals surface area contributed by atoms with Crippen LogP contribution in [-0.2, 0) is 41.9 Å². The molecule has 1 nitrogen and oxygen atoms in total. The SMILES string of the molecule is [Au+].[C-]#N.[Zn]. The van der Waals surface area contributed by atoms with Gasteiger partial charge in [-0.05, 0) is 0 Å². The van der Waals surface area contributed by atoms with Crippen LogP contribution in [0.2, 0.25) is 0 Å². The standard InChI is InChI=1S/CN.Au.Zn/c1-2;;/q-1;+1;. The van der Waals surface area contributed by atoms with Crippen LogP contribution >= 0.6 is 0 Å². The third kappa shape index (κ3) is 13.5. The molecule has 3 heteroatoms. The molecule has 0 aliphatic carbocycles. The van der Waals surface area contributed by atoms with E-state index < -0.39 is 0 Å². The van der Waals surface area contributed by atoms with Crippen LogP contribution in [0.15, 0.2) is 0 Å². The minimum atomic E-state index is 0. The minimum Gasteiger partial charge on any atom is -0.512 e. The van der Waals surface area contributed by atoms with Crippen molar-refractivity contribution in [1.29, 1.82) is 5.26 Å². The van der Waals surface area contributed by atoms with E-state index in [0.717, 1.165) is 0 Å². The summed E-state index contributed by atoms with van der Waals surface area (Å²) in [4.78, 5) is 0. The number of rotatable bonds is 0. The fourth-order valence-corrected chi connectivity index (χ4v) is 0. The summed E-state index contributed by atoms with van der Waals surface area (Å²) in [5.41, 5.74) is 0. The molecule has 0 aliphatic heterocycles. The van der Waals surface area contributed by atoms with Crippen molar-refractivity contribution in [3.63, 3.8) is 0 Å². The molecule has 0 aromatic rings. The van der Waals surface area contributed by atoms with Crippen LogP contribution in [0, 0.1) is 11.8 Å². The van der Waals surface area contributed by atoms with Gasteiger partial charge >= 0.3 is 22.4 Å². The zero-order valence-corrected chi connectivity index (χ0v) is 7.09. The summed E-state index contributed by atoms with van der Waals surface area (Å²) < 4.78 is 0. The van der Waals surface area contributed by atoms with Crippen LogP contribution in [0.3, 0.4) is 0 Å². The first kappa shape index (κ1) is 21.0. The quantitative estimate of drug-likeness (QED) is 0.458. The Labute approximate surface area is 53.6 Å². The predicted octanol–water partition coefficient (Wildman–Crippen LogP) is 0.0914. The average molecular weight is 288 g/mol. The molecule has 4 heavy (non-hydrogen) atoms. The zero-order chi connectivity index (χ0) is 2.00. The van der Waals surface area contributed by atoms with Gasteiger partial charge in [-0.25, -0.2) is 0 Å². The Bertz CT molecular complexity index is 12.8. The maximum Gasteiger partial charge on any atom is 1.00 e. The van der Waals surface area contributed by atoms with E-state index >= 15 is 0 Å². The second-order valence-electron chi connectivity index (χ2n) is 0. The molecule has 0 saturated carbocycles. The maximum atomic E-state index is 6.25. The topological polar surface area (TPSA) is 23.8 Å². The van der Waals surface area contributed by atoms with Crippen LogP contribution in [0.5, 0.6) is 0 Å². The maximum absolute atomic E-state index is 6.25. The van der Waals surface area contributed by atoms with Gasteiger partial charge in [-0.1, -0.05) is 0 Å². The number of hydrogen-bond donors (Lipinski definition) is 0. The molecule has 0 saturated heterocycles. The first-order chi connectivity index (χ1) is 1.00. The smallest absolute Gasteiger partial charge is 0.512 e. The normalized spacial score (nSPS) is 0.500. The van der Waals surface area contributed by atoms with Gasteiger partial charge in [0.15, 0.2) is 0 Å². The van der Waals surface area contributed by atoms with Gasteiger partial charge in [0.25, 0.3) is 0 Å². The van der Waals surface area contributed by atoms with Crippen LogP contribution in [-0.4, -0.2) is 0 Å². The Kier molecular flexibility index (Phi) is 226. The van der Waals surface area contributed by atoms with Crippen LogP contribution in [0.1, 0.15) is 0 Å². The van der Waals surface area contributed by atoms with E-state index in [1.54, 1.807) is 0 Å². The molecule has 0 fully saturated rings.